The molecule has 27 heavy (non-hydrogen) atoms. The van der Waals surface area contributed by atoms with E-state index in [2.05, 4.69) is 28.9 Å². The van der Waals surface area contributed by atoms with Crippen LogP contribution < -0.4 is 5.73 Å². The van der Waals surface area contributed by atoms with E-state index in [1.54, 1.807) is 17.8 Å². The number of rotatable bonds is 3. The Morgan fingerprint density at radius 2 is 2.26 bits per heavy atom. The lowest BCUT2D eigenvalue weighted by molar-refractivity contribution is -0.0387. The molecule has 2 aromatic rings. The molecule has 8 nitrogen and oxygen atoms in total. The van der Waals surface area contributed by atoms with Crippen molar-refractivity contribution in [1.29, 1.82) is 0 Å². The second kappa shape index (κ2) is 6.60. The summed E-state index contributed by atoms with van der Waals surface area (Å²) in [5.74, 6) is -0.211. The summed E-state index contributed by atoms with van der Waals surface area (Å²) in [7, 11) is 0. The van der Waals surface area contributed by atoms with E-state index in [-0.39, 0.29) is 17.6 Å². The van der Waals surface area contributed by atoms with Crippen LogP contribution in [0.25, 0.3) is 11.4 Å². The third kappa shape index (κ3) is 2.97. The Balaban J connectivity index is 1.95. The molecule has 0 bridgehead atoms. The molecule has 0 aromatic carbocycles. The number of carbonyl (C=O) groups excluding carboxylic acids is 1. The summed E-state index contributed by atoms with van der Waals surface area (Å²) in [6.07, 6.45) is 5.13. The number of nitrogens with two attached hydrogens (primary N) is 1. The van der Waals surface area contributed by atoms with Crippen molar-refractivity contribution >= 4 is 11.9 Å². The van der Waals surface area contributed by atoms with Crippen LogP contribution in [0, 0.1) is 0 Å². The molecule has 0 radical (unpaired) electrons. The van der Waals surface area contributed by atoms with Crippen molar-refractivity contribution in [2.24, 2.45) is 0 Å². The quantitative estimate of drug-likeness (QED) is 0.827. The highest BCUT2D eigenvalue weighted by atomic mass is 16.5. The zero-order chi connectivity index (χ0) is 19.2. The lowest BCUT2D eigenvalue weighted by Gasteiger charge is -2.33. The monoisotopic (exact) mass is 371 g/mol. The van der Waals surface area contributed by atoms with E-state index in [0.29, 0.717) is 25.3 Å². The van der Waals surface area contributed by atoms with E-state index in [9.17, 15) is 4.79 Å². The van der Waals surface area contributed by atoms with Gasteiger partial charge >= 0.3 is 5.97 Å². The topological polar surface area (TPSA) is 105 Å². The maximum atomic E-state index is 12.6. The van der Waals surface area contributed by atoms with Crippen molar-refractivity contribution in [3.8, 4) is 11.4 Å². The van der Waals surface area contributed by atoms with Gasteiger partial charge in [-0.1, -0.05) is 13.8 Å². The smallest absolute Gasteiger partial charge is 0.359 e. The second-order valence-electron chi connectivity index (χ2n) is 7.71. The number of anilines is 1. The molecule has 8 heteroatoms. The summed E-state index contributed by atoms with van der Waals surface area (Å²) < 4.78 is 13.0. The van der Waals surface area contributed by atoms with Crippen LogP contribution in [0.3, 0.4) is 0 Å². The van der Waals surface area contributed by atoms with E-state index in [1.165, 1.54) is 0 Å². The van der Waals surface area contributed by atoms with Gasteiger partial charge in [0.05, 0.1) is 18.0 Å². The predicted molar refractivity (Wildman–Crippen MR) is 99.2 cm³/mol. The normalized spacial score (nSPS) is 20.6. The summed E-state index contributed by atoms with van der Waals surface area (Å²) in [6.45, 7) is 6.99. The fraction of sp³-hybridized carbons (Fsp3) is 0.579. The van der Waals surface area contributed by atoms with Gasteiger partial charge < -0.3 is 15.2 Å². The van der Waals surface area contributed by atoms with Gasteiger partial charge in [-0.3, -0.25) is 0 Å². The van der Waals surface area contributed by atoms with Crippen LogP contribution in [0.5, 0.6) is 0 Å². The van der Waals surface area contributed by atoms with Crippen molar-refractivity contribution in [3.63, 3.8) is 0 Å². The average molecular weight is 371 g/mol. The van der Waals surface area contributed by atoms with E-state index in [1.807, 2.05) is 0 Å². The molecular weight excluding hydrogens is 346 g/mol. The summed E-state index contributed by atoms with van der Waals surface area (Å²) in [6, 6.07) is 0. The summed E-state index contributed by atoms with van der Waals surface area (Å²) in [5, 5.41) is 4.64. The number of nitrogens with zero attached hydrogens (tertiary/aromatic N) is 4. The van der Waals surface area contributed by atoms with E-state index >= 15 is 0 Å². The zero-order valence-corrected chi connectivity index (χ0v) is 16.0. The molecule has 2 aromatic heterocycles. The first-order valence-electron chi connectivity index (χ1n) is 9.46. The maximum absolute atomic E-state index is 12.6. The number of hydrogen-bond donors (Lipinski definition) is 1. The first kappa shape index (κ1) is 17.9. The molecule has 1 aliphatic heterocycles. The van der Waals surface area contributed by atoms with Crippen LogP contribution in [-0.4, -0.2) is 38.9 Å². The van der Waals surface area contributed by atoms with Gasteiger partial charge in [0.15, 0.2) is 11.9 Å². The van der Waals surface area contributed by atoms with Crippen LogP contribution in [0.1, 0.15) is 67.9 Å². The molecule has 3 heterocycles. The first-order valence-corrected chi connectivity index (χ1v) is 9.46. The molecule has 1 unspecified atom stereocenters. The van der Waals surface area contributed by atoms with E-state index in [4.69, 9.17) is 15.2 Å². The van der Waals surface area contributed by atoms with Crippen molar-refractivity contribution in [3.05, 3.63) is 23.0 Å². The zero-order valence-electron chi connectivity index (χ0n) is 16.0. The predicted octanol–water partition coefficient (Wildman–Crippen LogP) is 2.63. The van der Waals surface area contributed by atoms with E-state index < -0.39 is 5.97 Å². The number of fused-ring (bicyclic) bond motifs is 3. The third-order valence-corrected chi connectivity index (χ3v) is 5.29. The Morgan fingerprint density at radius 3 is 2.96 bits per heavy atom. The van der Waals surface area contributed by atoms with Crippen LogP contribution >= 0.6 is 0 Å². The van der Waals surface area contributed by atoms with Gasteiger partial charge in [-0.05, 0) is 38.0 Å². The Morgan fingerprint density at radius 1 is 1.44 bits per heavy atom. The first-order chi connectivity index (χ1) is 12.9. The van der Waals surface area contributed by atoms with Gasteiger partial charge in [0.25, 0.3) is 0 Å². The van der Waals surface area contributed by atoms with Gasteiger partial charge in [0.2, 0.25) is 5.95 Å². The summed E-state index contributed by atoms with van der Waals surface area (Å²) in [5.41, 5.74) is 9.36. The molecule has 0 amide bonds. The van der Waals surface area contributed by atoms with Gasteiger partial charge in [0, 0.05) is 23.9 Å². The van der Waals surface area contributed by atoms with E-state index in [0.717, 1.165) is 41.8 Å². The van der Waals surface area contributed by atoms with Crippen molar-refractivity contribution < 1.29 is 14.3 Å². The molecule has 1 fully saturated rings. The minimum absolute atomic E-state index is 0.201. The number of esters is 1. The molecule has 1 atom stereocenters. The van der Waals surface area contributed by atoms with Crippen molar-refractivity contribution in [1.82, 2.24) is 19.7 Å². The summed E-state index contributed by atoms with van der Waals surface area (Å²) in [4.78, 5) is 21.3. The van der Waals surface area contributed by atoms with Gasteiger partial charge in [-0.2, -0.15) is 5.10 Å². The SMILES string of the molecule is CCOC(=O)c1nn(C2CCCCO2)c2c1CC(C)(C)c1cnc(N)nc1-2. The number of nitrogen functional groups attached to an aromatic ring is 1. The summed E-state index contributed by atoms with van der Waals surface area (Å²) >= 11 is 0. The Hall–Kier alpha value is -2.48. The molecule has 1 aliphatic carbocycles. The highest BCUT2D eigenvalue weighted by Gasteiger charge is 2.40. The van der Waals surface area contributed by atoms with Crippen molar-refractivity contribution in [2.75, 3.05) is 18.9 Å². The lowest BCUT2D eigenvalue weighted by atomic mass is 9.73. The average Bonchev–Trinajstić information content (AvgIpc) is 3.01. The minimum atomic E-state index is -0.412. The standard InChI is InChI=1S/C19H25N5O3/c1-4-26-17(25)14-11-9-19(2,3)12-10-21-18(20)22-15(12)16(11)24(23-14)13-7-5-6-8-27-13/h10,13H,4-9H2,1-3H3,(H2,20,21,22). The molecule has 2 N–H and O–H groups in total. The molecule has 2 aliphatic rings. The Bertz CT molecular complexity index is 884. The van der Waals surface area contributed by atoms with Crippen LogP contribution in [-0.2, 0) is 21.3 Å². The highest BCUT2D eigenvalue weighted by Crippen LogP contribution is 2.44. The fourth-order valence-electron chi connectivity index (χ4n) is 3.98. The maximum Gasteiger partial charge on any atom is 0.359 e. The Labute approximate surface area is 158 Å². The fourth-order valence-corrected chi connectivity index (χ4v) is 3.98. The van der Waals surface area contributed by atoms with Crippen LogP contribution in [0.15, 0.2) is 6.20 Å². The molecular formula is C19H25N5O3. The second-order valence-corrected chi connectivity index (χ2v) is 7.71. The highest BCUT2D eigenvalue weighted by molar-refractivity contribution is 5.92. The molecule has 4 rings (SSSR count). The third-order valence-electron chi connectivity index (χ3n) is 5.29. The van der Waals surface area contributed by atoms with Gasteiger partial charge in [0.1, 0.15) is 0 Å². The van der Waals surface area contributed by atoms with Gasteiger partial charge in [-0.25, -0.2) is 19.4 Å². The number of ether oxygens (including phenoxy) is 2. The number of hydrogen-bond acceptors (Lipinski definition) is 7. The largest absolute Gasteiger partial charge is 0.461 e. The van der Waals surface area contributed by atoms with Crippen LogP contribution in [0.4, 0.5) is 5.95 Å². The lowest BCUT2D eigenvalue weighted by Crippen LogP contribution is -2.29. The molecule has 0 spiro atoms. The molecule has 144 valence electrons. The molecule has 0 saturated carbocycles. The van der Waals surface area contributed by atoms with Crippen molar-refractivity contribution in [2.45, 2.75) is 58.1 Å². The number of carbonyl (C=O) groups is 1. The van der Waals surface area contributed by atoms with Crippen LogP contribution in [0.2, 0.25) is 0 Å². The Kier molecular flexibility index (Phi) is 4.38. The molecule has 1 saturated heterocycles. The number of aromatic nitrogens is 4. The van der Waals surface area contributed by atoms with Gasteiger partial charge in [-0.15, -0.1) is 0 Å². The minimum Gasteiger partial charge on any atom is -0.461 e.